The Labute approximate surface area is 108 Å². The summed E-state index contributed by atoms with van der Waals surface area (Å²) in [6, 6.07) is 6.37. The number of hydrogen-bond donors (Lipinski definition) is 1. The Balaban J connectivity index is 1.80. The molecule has 1 saturated heterocycles. The number of rotatable bonds is 3. The zero-order chi connectivity index (χ0) is 12.6. The molecule has 2 aliphatic rings. The van der Waals surface area contributed by atoms with Crippen LogP contribution in [0, 0.1) is 5.41 Å². The highest BCUT2D eigenvalue weighted by molar-refractivity contribution is 5.44. The molecule has 0 aromatic heterocycles. The van der Waals surface area contributed by atoms with Crippen LogP contribution in [0.4, 0.5) is 0 Å². The van der Waals surface area contributed by atoms with Crippen molar-refractivity contribution in [2.75, 3.05) is 27.3 Å². The van der Waals surface area contributed by atoms with E-state index in [9.17, 15) is 0 Å². The molecule has 1 unspecified atom stereocenters. The predicted octanol–water partition coefficient (Wildman–Crippen LogP) is 2.56. The number of nitrogens with one attached hydrogen (secondary N) is 1. The highest BCUT2D eigenvalue weighted by Gasteiger charge is 2.43. The summed E-state index contributed by atoms with van der Waals surface area (Å²) >= 11 is 0. The average molecular weight is 247 g/mol. The Morgan fingerprint density at radius 2 is 1.94 bits per heavy atom. The maximum atomic E-state index is 5.39. The number of benzene rings is 1. The summed E-state index contributed by atoms with van der Waals surface area (Å²) < 4.78 is 10.7. The van der Waals surface area contributed by atoms with Crippen molar-refractivity contribution in [3.05, 3.63) is 23.8 Å². The van der Waals surface area contributed by atoms with Crippen LogP contribution in [0.5, 0.6) is 11.5 Å². The minimum absolute atomic E-state index is 0.595. The first kappa shape index (κ1) is 11.8. The van der Waals surface area contributed by atoms with Crippen molar-refractivity contribution >= 4 is 0 Å². The van der Waals surface area contributed by atoms with E-state index in [4.69, 9.17) is 9.47 Å². The predicted molar refractivity (Wildman–Crippen MR) is 71.4 cm³/mol. The normalized spacial score (nSPS) is 24.9. The number of hydrogen-bond acceptors (Lipinski definition) is 3. The summed E-state index contributed by atoms with van der Waals surface area (Å²) in [5, 5.41) is 3.41. The van der Waals surface area contributed by atoms with Crippen molar-refractivity contribution < 1.29 is 9.47 Å². The van der Waals surface area contributed by atoms with Gasteiger partial charge in [-0.1, -0.05) is 6.07 Å². The number of methoxy groups -OCH3 is 2. The SMILES string of the molecule is COc1ccc(C2CCC3(CNC3)C2)cc1OC. The molecule has 3 nitrogen and oxygen atoms in total. The molecule has 2 fully saturated rings. The first-order valence-electron chi connectivity index (χ1n) is 6.69. The lowest BCUT2D eigenvalue weighted by molar-refractivity contribution is 0.175. The Morgan fingerprint density at radius 3 is 2.50 bits per heavy atom. The van der Waals surface area contributed by atoms with Crippen LogP contribution >= 0.6 is 0 Å². The summed E-state index contributed by atoms with van der Waals surface area (Å²) in [7, 11) is 3.38. The van der Waals surface area contributed by atoms with E-state index in [2.05, 4.69) is 17.4 Å². The Morgan fingerprint density at radius 1 is 1.17 bits per heavy atom. The van der Waals surface area contributed by atoms with Gasteiger partial charge in [0.05, 0.1) is 14.2 Å². The van der Waals surface area contributed by atoms with Crippen LogP contribution < -0.4 is 14.8 Å². The van der Waals surface area contributed by atoms with E-state index < -0.39 is 0 Å². The number of ether oxygens (including phenoxy) is 2. The van der Waals surface area contributed by atoms with Gasteiger partial charge in [0.2, 0.25) is 0 Å². The quantitative estimate of drug-likeness (QED) is 0.890. The standard InChI is InChI=1S/C15H21NO2/c1-17-13-4-3-11(7-14(13)18-2)12-5-6-15(8-12)9-16-10-15/h3-4,7,12,16H,5-6,8-10H2,1-2H3. The average Bonchev–Trinajstić information content (AvgIpc) is 2.83. The molecule has 3 rings (SSSR count). The van der Waals surface area contributed by atoms with Crippen molar-refractivity contribution in [1.82, 2.24) is 5.32 Å². The molecule has 1 atom stereocenters. The minimum Gasteiger partial charge on any atom is -0.493 e. The van der Waals surface area contributed by atoms with E-state index in [0.29, 0.717) is 11.3 Å². The van der Waals surface area contributed by atoms with E-state index in [1.807, 2.05) is 6.07 Å². The first-order valence-corrected chi connectivity index (χ1v) is 6.69. The third-order valence-electron chi connectivity index (χ3n) is 4.58. The molecule has 1 N–H and O–H groups in total. The molecule has 3 heteroatoms. The van der Waals surface area contributed by atoms with Crippen molar-refractivity contribution in [2.45, 2.75) is 25.2 Å². The van der Waals surface area contributed by atoms with Gasteiger partial charge in [-0.05, 0) is 48.3 Å². The van der Waals surface area contributed by atoms with Gasteiger partial charge in [-0.15, -0.1) is 0 Å². The van der Waals surface area contributed by atoms with E-state index in [1.165, 1.54) is 37.9 Å². The molecule has 1 aliphatic carbocycles. The van der Waals surface area contributed by atoms with Gasteiger partial charge >= 0.3 is 0 Å². The van der Waals surface area contributed by atoms with Crippen LogP contribution in [-0.2, 0) is 0 Å². The van der Waals surface area contributed by atoms with Crippen molar-refractivity contribution in [3.8, 4) is 11.5 Å². The molecule has 1 aromatic rings. The smallest absolute Gasteiger partial charge is 0.160 e. The second kappa shape index (κ2) is 4.47. The zero-order valence-corrected chi connectivity index (χ0v) is 11.2. The molecular formula is C15H21NO2. The maximum Gasteiger partial charge on any atom is 0.160 e. The summed E-state index contributed by atoms with van der Waals surface area (Å²) in [5.41, 5.74) is 1.99. The second-order valence-corrected chi connectivity index (χ2v) is 5.66. The Hall–Kier alpha value is -1.22. The van der Waals surface area contributed by atoms with Crippen LogP contribution in [0.3, 0.4) is 0 Å². The molecule has 0 bridgehead atoms. The summed E-state index contributed by atoms with van der Waals surface area (Å²) in [6.07, 6.45) is 3.98. The third-order valence-corrected chi connectivity index (χ3v) is 4.58. The fourth-order valence-corrected chi connectivity index (χ4v) is 3.40. The zero-order valence-electron chi connectivity index (χ0n) is 11.2. The maximum absolute atomic E-state index is 5.39. The van der Waals surface area contributed by atoms with E-state index in [1.54, 1.807) is 14.2 Å². The molecule has 1 heterocycles. The monoisotopic (exact) mass is 247 g/mol. The topological polar surface area (TPSA) is 30.5 Å². The first-order chi connectivity index (χ1) is 8.76. The lowest BCUT2D eigenvalue weighted by atomic mass is 9.79. The fourth-order valence-electron chi connectivity index (χ4n) is 3.40. The lowest BCUT2D eigenvalue weighted by Crippen LogP contribution is -2.51. The van der Waals surface area contributed by atoms with Crippen molar-refractivity contribution in [3.63, 3.8) is 0 Å². The Kier molecular flexibility index (Phi) is 2.94. The van der Waals surface area contributed by atoms with Gasteiger partial charge in [0.25, 0.3) is 0 Å². The van der Waals surface area contributed by atoms with Crippen LogP contribution in [-0.4, -0.2) is 27.3 Å². The van der Waals surface area contributed by atoms with Crippen LogP contribution in [0.2, 0.25) is 0 Å². The van der Waals surface area contributed by atoms with Gasteiger partial charge in [0.1, 0.15) is 0 Å². The highest BCUT2D eigenvalue weighted by Crippen LogP contribution is 2.49. The molecule has 1 spiro atoms. The molecule has 0 amide bonds. The van der Waals surface area contributed by atoms with Gasteiger partial charge < -0.3 is 14.8 Å². The second-order valence-electron chi connectivity index (χ2n) is 5.66. The van der Waals surface area contributed by atoms with Crippen LogP contribution in [0.1, 0.15) is 30.7 Å². The van der Waals surface area contributed by atoms with E-state index in [-0.39, 0.29) is 0 Å². The lowest BCUT2D eigenvalue weighted by Gasteiger charge is -2.39. The van der Waals surface area contributed by atoms with Crippen LogP contribution in [0.25, 0.3) is 0 Å². The van der Waals surface area contributed by atoms with Gasteiger partial charge in [0, 0.05) is 13.1 Å². The van der Waals surface area contributed by atoms with Gasteiger partial charge in [0.15, 0.2) is 11.5 Å². The third kappa shape index (κ3) is 1.87. The molecule has 1 aromatic carbocycles. The minimum atomic E-state index is 0.595. The van der Waals surface area contributed by atoms with Gasteiger partial charge in [-0.25, -0.2) is 0 Å². The molecule has 0 radical (unpaired) electrons. The largest absolute Gasteiger partial charge is 0.493 e. The molecule has 18 heavy (non-hydrogen) atoms. The van der Waals surface area contributed by atoms with Crippen molar-refractivity contribution in [2.24, 2.45) is 5.41 Å². The summed E-state index contributed by atoms with van der Waals surface area (Å²) in [4.78, 5) is 0. The van der Waals surface area contributed by atoms with Crippen molar-refractivity contribution in [1.29, 1.82) is 0 Å². The van der Waals surface area contributed by atoms with E-state index >= 15 is 0 Å². The van der Waals surface area contributed by atoms with E-state index in [0.717, 1.165) is 11.5 Å². The van der Waals surface area contributed by atoms with Gasteiger partial charge in [-0.3, -0.25) is 0 Å². The molecule has 1 saturated carbocycles. The summed E-state index contributed by atoms with van der Waals surface area (Å²) in [5.74, 6) is 2.36. The van der Waals surface area contributed by atoms with Gasteiger partial charge in [-0.2, -0.15) is 0 Å². The summed E-state index contributed by atoms with van der Waals surface area (Å²) in [6.45, 7) is 2.41. The van der Waals surface area contributed by atoms with Crippen LogP contribution in [0.15, 0.2) is 18.2 Å². The molecule has 98 valence electrons. The molecule has 1 aliphatic heterocycles. The Bertz CT molecular complexity index is 440. The highest BCUT2D eigenvalue weighted by atomic mass is 16.5. The fraction of sp³-hybridized carbons (Fsp3) is 0.600. The molecular weight excluding hydrogens is 226 g/mol.